The van der Waals surface area contributed by atoms with Crippen molar-refractivity contribution in [3.05, 3.63) is 70.9 Å². The van der Waals surface area contributed by atoms with Gasteiger partial charge in [-0.2, -0.15) is 10.1 Å². The summed E-state index contributed by atoms with van der Waals surface area (Å²) < 4.78 is 0. The molecular weight excluding hydrogens is 346 g/mol. The zero-order chi connectivity index (χ0) is 18.6. The van der Waals surface area contributed by atoms with Crippen LogP contribution in [0.2, 0.25) is 5.02 Å². The molecule has 0 unspecified atom stereocenters. The molecule has 0 radical (unpaired) electrons. The molecule has 26 heavy (non-hydrogen) atoms. The van der Waals surface area contributed by atoms with E-state index in [4.69, 9.17) is 11.6 Å². The molecule has 5 nitrogen and oxygen atoms in total. The minimum atomic E-state index is 0.0153. The zero-order valence-electron chi connectivity index (χ0n) is 15.1. The van der Waals surface area contributed by atoms with Crippen LogP contribution in [0, 0.1) is 0 Å². The van der Waals surface area contributed by atoms with E-state index >= 15 is 0 Å². The number of anilines is 3. The van der Waals surface area contributed by atoms with Gasteiger partial charge < -0.3 is 10.6 Å². The van der Waals surface area contributed by atoms with Crippen LogP contribution in [0.1, 0.15) is 31.9 Å². The molecule has 0 saturated carbocycles. The van der Waals surface area contributed by atoms with Crippen molar-refractivity contribution in [2.75, 3.05) is 10.6 Å². The second-order valence-corrected chi connectivity index (χ2v) is 7.50. The molecular formula is C20H22ClN5. The van der Waals surface area contributed by atoms with E-state index in [-0.39, 0.29) is 5.41 Å². The average molecular weight is 368 g/mol. The summed E-state index contributed by atoms with van der Waals surface area (Å²) in [6.45, 7) is 7.16. The summed E-state index contributed by atoms with van der Waals surface area (Å²) in [6, 6.07) is 15.9. The Hall–Kier alpha value is -2.66. The van der Waals surface area contributed by atoms with E-state index in [9.17, 15) is 0 Å². The highest BCUT2D eigenvalue weighted by Crippen LogP contribution is 2.30. The fourth-order valence-electron chi connectivity index (χ4n) is 2.60. The summed E-state index contributed by atoms with van der Waals surface area (Å²) >= 11 is 5.91. The van der Waals surface area contributed by atoms with E-state index in [2.05, 4.69) is 52.7 Å². The average Bonchev–Trinajstić information content (AvgIpc) is 2.61. The van der Waals surface area contributed by atoms with E-state index in [0.717, 1.165) is 16.3 Å². The second-order valence-electron chi connectivity index (χ2n) is 7.07. The molecule has 0 bridgehead atoms. The first-order chi connectivity index (χ1) is 12.4. The van der Waals surface area contributed by atoms with Crippen molar-refractivity contribution >= 4 is 29.1 Å². The molecule has 0 aliphatic heterocycles. The molecule has 3 aromatic rings. The smallest absolute Gasteiger partial charge is 0.249 e. The number of hydrogen-bond donors (Lipinski definition) is 2. The highest BCUT2D eigenvalue weighted by molar-refractivity contribution is 6.30. The number of para-hydroxylation sites is 1. The third-order valence-electron chi connectivity index (χ3n) is 3.93. The Balaban J connectivity index is 1.73. The molecule has 134 valence electrons. The Labute approximate surface area is 158 Å². The van der Waals surface area contributed by atoms with Crippen LogP contribution >= 0.6 is 11.6 Å². The molecule has 2 aromatic carbocycles. The van der Waals surface area contributed by atoms with Gasteiger partial charge in [-0.25, -0.2) is 0 Å². The van der Waals surface area contributed by atoms with Crippen molar-refractivity contribution in [2.45, 2.75) is 32.7 Å². The quantitative estimate of drug-likeness (QED) is 0.650. The van der Waals surface area contributed by atoms with Crippen molar-refractivity contribution in [3.8, 4) is 0 Å². The number of nitrogens with one attached hydrogen (secondary N) is 2. The third kappa shape index (κ3) is 4.70. The van der Waals surface area contributed by atoms with E-state index < -0.39 is 0 Å². The minimum absolute atomic E-state index is 0.0153. The Morgan fingerprint density at radius 3 is 2.46 bits per heavy atom. The maximum atomic E-state index is 5.91. The predicted octanol–water partition coefficient (Wildman–Crippen LogP) is 5.18. The summed E-state index contributed by atoms with van der Waals surface area (Å²) in [4.78, 5) is 4.50. The topological polar surface area (TPSA) is 62.7 Å². The molecule has 1 aromatic heterocycles. The van der Waals surface area contributed by atoms with Gasteiger partial charge in [-0.05, 0) is 34.7 Å². The number of benzene rings is 2. The molecule has 0 spiro atoms. The van der Waals surface area contributed by atoms with Crippen LogP contribution < -0.4 is 10.6 Å². The summed E-state index contributed by atoms with van der Waals surface area (Å²) in [7, 11) is 0. The lowest BCUT2D eigenvalue weighted by atomic mass is 9.86. The Morgan fingerprint density at radius 1 is 1.00 bits per heavy atom. The minimum Gasteiger partial charge on any atom is -0.365 e. The molecule has 2 N–H and O–H groups in total. The lowest BCUT2D eigenvalue weighted by molar-refractivity contribution is 0.592. The van der Waals surface area contributed by atoms with Crippen molar-refractivity contribution in [1.82, 2.24) is 15.2 Å². The van der Waals surface area contributed by atoms with Gasteiger partial charge in [-0.3, -0.25) is 0 Å². The number of halogens is 1. The van der Waals surface area contributed by atoms with Crippen molar-refractivity contribution in [3.63, 3.8) is 0 Å². The highest BCUT2D eigenvalue weighted by Gasteiger charge is 2.18. The number of hydrogen-bond acceptors (Lipinski definition) is 5. The molecule has 3 rings (SSSR count). The van der Waals surface area contributed by atoms with Gasteiger partial charge in [0.05, 0.1) is 6.20 Å². The lowest BCUT2D eigenvalue weighted by Crippen LogP contribution is -2.14. The second kappa shape index (κ2) is 7.70. The molecule has 0 amide bonds. The Morgan fingerprint density at radius 2 is 1.73 bits per heavy atom. The summed E-state index contributed by atoms with van der Waals surface area (Å²) in [5, 5.41) is 15.4. The van der Waals surface area contributed by atoms with Crippen LogP contribution in [0.3, 0.4) is 0 Å². The fourth-order valence-corrected chi connectivity index (χ4v) is 2.73. The van der Waals surface area contributed by atoms with Crippen LogP contribution in [0.15, 0.2) is 54.7 Å². The van der Waals surface area contributed by atoms with Gasteiger partial charge in [0.25, 0.3) is 0 Å². The van der Waals surface area contributed by atoms with Gasteiger partial charge in [0.15, 0.2) is 5.82 Å². The van der Waals surface area contributed by atoms with Gasteiger partial charge >= 0.3 is 0 Å². The maximum Gasteiger partial charge on any atom is 0.249 e. The highest BCUT2D eigenvalue weighted by atomic mass is 35.5. The van der Waals surface area contributed by atoms with E-state index in [0.29, 0.717) is 18.3 Å². The normalized spacial score (nSPS) is 11.2. The van der Waals surface area contributed by atoms with Crippen LogP contribution in [-0.4, -0.2) is 15.2 Å². The Bertz CT molecular complexity index is 872. The number of aromatic nitrogens is 3. The zero-order valence-corrected chi connectivity index (χ0v) is 15.9. The molecule has 0 saturated heterocycles. The van der Waals surface area contributed by atoms with Gasteiger partial charge in [0.2, 0.25) is 5.95 Å². The largest absolute Gasteiger partial charge is 0.365 e. The maximum absolute atomic E-state index is 5.91. The first-order valence-corrected chi connectivity index (χ1v) is 8.84. The van der Waals surface area contributed by atoms with Gasteiger partial charge in [0.1, 0.15) is 0 Å². The molecule has 0 aliphatic carbocycles. The van der Waals surface area contributed by atoms with Gasteiger partial charge in [-0.15, -0.1) is 5.10 Å². The summed E-state index contributed by atoms with van der Waals surface area (Å²) in [5.74, 6) is 1.12. The van der Waals surface area contributed by atoms with Crippen LogP contribution in [0.5, 0.6) is 0 Å². The van der Waals surface area contributed by atoms with Crippen molar-refractivity contribution < 1.29 is 0 Å². The molecule has 0 atom stereocenters. The van der Waals surface area contributed by atoms with Crippen LogP contribution in [0.4, 0.5) is 17.5 Å². The first kappa shape index (κ1) is 18.1. The molecule has 0 fully saturated rings. The number of rotatable bonds is 5. The predicted molar refractivity (Wildman–Crippen MR) is 107 cm³/mol. The van der Waals surface area contributed by atoms with Crippen molar-refractivity contribution in [1.29, 1.82) is 0 Å². The van der Waals surface area contributed by atoms with Gasteiger partial charge in [0, 0.05) is 17.3 Å². The van der Waals surface area contributed by atoms with E-state index in [1.807, 2.05) is 42.5 Å². The Kier molecular flexibility index (Phi) is 5.38. The lowest BCUT2D eigenvalue weighted by Gasteiger charge is -2.22. The van der Waals surface area contributed by atoms with Crippen molar-refractivity contribution in [2.24, 2.45) is 0 Å². The fraction of sp³-hybridized carbons (Fsp3) is 0.250. The molecule has 0 aliphatic rings. The van der Waals surface area contributed by atoms with Crippen LogP contribution in [-0.2, 0) is 12.0 Å². The standard InChI is InChI=1S/C20H22ClN5/c1-20(2,3)16-6-4-5-7-17(16)24-19-25-18(13-23-26-19)22-12-14-8-10-15(21)11-9-14/h4-11,13H,12H2,1-3H3,(H2,22,24,25,26). The monoisotopic (exact) mass is 367 g/mol. The van der Waals surface area contributed by atoms with E-state index in [1.165, 1.54) is 5.56 Å². The summed E-state index contributed by atoms with van der Waals surface area (Å²) in [5.41, 5.74) is 3.31. The van der Waals surface area contributed by atoms with Gasteiger partial charge in [-0.1, -0.05) is 62.7 Å². The van der Waals surface area contributed by atoms with Crippen LogP contribution in [0.25, 0.3) is 0 Å². The molecule has 1 heterocycles. The summed E-state index contributed by atoms with van der Waals surface area (Å²) in [6.07, 6.45) is 1.61. The molecule has 6 heteroatoms. The van der Waals surface area contributed by atoms with E-state index in [1.54, 1.807) is 6.20 Å². The third-order valence-corrected chi connectivity index (χ3v) is 4.18. The first-order valence-electron chi connectivity index (χ1n) is 8.46. The SMILES string of the molecule is CC(C)(C)c1ccccc1Nc1nncc(NCc2ccc(Cl)cc2)n1. The number of nitrogens with zero attached hydrogens (tertiary/aromatic N) is 3.